The van der Waals surface area contributed by atoms with Gasteiger partial charge in [0.1, 0.15) is 7.85 Å². The van der Waals surface area contributed by atoms with Crippen LogP contribution in [0.2, 0.25) is 0 Å². The summed E-state index contributed by atoms with van der Waals surface area (Å²) in [6.45, 7) is 4.06. The zero-order valence-corrected chi connectivity index (χ0v) is 4.81. The molecule has 0 spiro atoms. The zero-order valence-electron chi connectivity index (χ0n) is 4.81. The van der Waals surface area contributed by atoms with Crippen LogP contribution in [0.25, 0.3) is 0 Å². The minimum Gasteiger partial charge on any atom is -0.132 e. The van der Waals surface area contributed by atoms with Crippen LogP contribution < -0.4 is 0 Å². The highest BCUT2D eigenvalue weighted by molar-refractivity contribution is 6.17. The van der Waals surface area contributed by atoms with Gasteiger partial charge < -0.3 is 0 Å². The molecule has 36 valence electrons. The van der Waals surface area contributed by atoms with E-state index in [-0.39, 0.29) is 0 Å². The first-order valence-corrected chi connectivity index (χ1v) is 2.29. The van der Waals surface area contributed by atoms with Crippen molar-refractivity contribution in [3.8, 4) is 0 Å². The highest BCUT2D eigenvalue weighted by Crippen LogP contribution is 1.86. The van der Waals surface area contributed by atoms with Crippen molar-refractivity contribution in [2.75, 3.05) is 0 Å². The maximum Gasteiger partial charge on any atom is 0.102 e. The predicted octanol–water partition coefficient (Wildman–Crippen LogP) is 1.63. The summed E-state index contributed by atoms with van der Waals surface area (Å²) in [5.41, 5.74) is 1.27. The molecular weight excluding hydrogens is 82.9 g/mol. The van der Waals surface area contributed by atoms with Crippen molar-refractivity contribution >= 4 is 7.85 Å². The van der Waals surface area contributed by atoms with Crippen LogP contribution in [0.15, 0.2) is 23.7 Å². The normalized spacial score (nSPS) is 9.43. The molecule has 2 radical (unpaired) electrons. The fourth-order valence-electron chi connectivity index (χ4n) is 0.248. The summed E-state index contributed by atoms with van der Waals surface area (Å²) in [5, 5.41) is 0. The van der Waals surface area contributed by atoms with Crippen LogP contribution in [0.4, 0.5) is 0 Å². The molecule has 0 amide bonds. The van der Waals surface area contributed by atoms with Gasteiger partial charge in [-0.05, 0) is 13.8 Å². The molecule has 0 fully saturated rings. The van der Waals surface area contributed by atoms with Crippen molar-refractivity contribution in [1.29, 1.82) is 0 Å². The number of rotatable bonds is 1. The topological polar surface area (TPSA) is 0 Å². The third-order valence-electron chi connectivity index (χ3n) is 0.541. The van der Waals surface area contributed by atoms with E-state index >= 15 is 0 Å². The summed E-state index contributed by atoms with van der Waals surface area (Å²) in [5.74, 6) is 1.52. The number of allylic oxidation sites excluding steroid dienone is 3. The standard InChI is InChI=1S/C6H9B/c1-6(2)4-3-5-7/h3-5H,1-2H3/b5-3-. The lowest BCUT2D eigenvalue weighted by Crippen LogP contribution is -1.58. The van der Waals surface area contributed by atoms with Crippen LogP contribution in [-0.2, 0) is 0 Å². The molecule has 0 N–H and O–H groups in total. The van der Waals surface area contributed by atoms with E-state index in [4.69, 9.17) is 7.85 Å². The molecule has 0 nitrogen and oxygen atoms in total. The molecule has 0 aromatic rings. The van der Waals surface area contributed by atoms with Crippen molar-refractivity contribution in [2.24, 2.45) is 0 Å². The van der Waals surface area contributed by atoms with Gasteiger partial charge in [-0.2, -0.15) is 0 Å². The van der Waals surface area contributed by atoms with Gasteiger partial charge in [0.05, 0.1) is 0 Å². The van der Waals surface area contributed by atoms with Crippen LogP contribution in [0.5, 0.6) is 0 Å². The van der Waals surface area contributed by atoms with Gasteiger partial charge in [0.25, 0.3) is 0 Å². The van der Waals surface area contributed by atoms with E-state index in [0.29, 0.717) is 0 Å². The van der Waals surface area contributed by atoms with Gasteiger partial charge in [0.2, 0.25) is 0 Å². The van der Waals surface area contributed by atoms with E-state index in [1.165, 1.54) is 11.5 Å². The summed E-state index contributed by atoms with van der Waals surface area (Å²) in [6, 6.07) is 0. The Morgan fingerprint density at radius 3 is 2.14 bits per heavy atom. The highest BCUT2D eigenvalue weighted by Gasteiger charge is 1.65. The van der Waals surface area contributed by atoms with Crippen molar-refractivity contribution in [2.45, 2.75) is 13.8 Å². The minimum atomic E-state index is 1.27. The van der Waals surface area contributed by atoms with E-state index in [9.17, 15) is 0 Å². The van der Waals surface area contributed by atoms with E-state index < -0.39 is 0 Å². The predicted molar refractivity (Wildman–Crippen MR) is 34.3 cm³/mol. The second-order valence-corrected chi connectivity index (χ2v) is 1.63. The van der Waals surface area contributed by atoms with Crippen LogP contribution in [0.1, 0.15) is 13.8 Å². The van der Waals surface area contributed by atoms with E-state index in [1.54, 1.807) is 0 Å². The van der Waals surface area contributed by atoms with E-state index in [0.717, 1.165) is 0 Å². The van der Waals surface area contributed by atoms with Crippen molar-refractivity contribution in [1.82, 2.24) is 0 Å². The lowest BCUT2D eigenvalue weighted by molar-refractivity contribution is 1.39. The fraction of sp³-hybridized carbons (Fsp3) is 0.333. The van der Waals surface area contributed by atoms with Gasteiger partial charge in [-0.15, -0.1) is 5.98 Å². The molecule has 0 aromatic heterocycles. The van der Waals surface area contributed by atoms with Crippen molar-refractivity contribution < 1.29 is 0 Å². The molecule has 0 aliphatic carbocycles. The first kappa shape index (κ1) is 6.54. The molecule has 0 aliphatic rings. The molecule has 0 atom stereocenters. The minimum absolute atomic E-state index is 1.27. The average Bonchev–Trinajstić information content (AvgIpc) is 1.61. The number of hydrogen-bond donors (Lipinski definition) is 0. The summed E-state index contributed by atoms with van der Waals surface area (Å²) < 4.78 is 0. The molecule has 0 unspecified atom stereocenters. The van der Waals surface area contributed by atoms with Crippen molar-refractivity contribution in [3.05, 3.63) is 23.7 Å². The second kappa shape index (κ2) is 3.73. The van der Waals surface area contributed by atoms with E-state index in [1.807, 2.05) is 26.0 Å². The maximum atomic E-state index is 5.05. The third-order valence-corrected chi connectivity index (χ3v) is 0.541. The van der Waals surface area contributed by atoms with Crippen LogP contribution in [0.3, 0.4) is 0 Å². The Bertz CT molecular complexity index is 86.4. The molecular formula is C6H9B. The lowest BCUT2D eigenvalue weighted by Gasteiger charge is -1.78. The molecule has 0 aromatic carbocycles. The SMILES string of the molecule is [B]/C=C\C=C(C)C. The molecule has 0 saturated heterocycles. The third kappa shape index (κ3) is 5.54. The first-order chi connectivity index (χ1) is 3.27. The van der Waals surface area contributed by atoms with E-state index in [2.05, 4.69) is 0 Å². The molecule has 0 heterocycles. The summed E-state index contributed by atoms with van der Waals surface area (Å²) >= 11 is 0. The van der Waals surface area contributed by atoms with Crippen LogP contribution in [0, 0.1) is 0 Å². The largest absolute Gasteiger partial charge is 0.132 e. The second-order valence-electron chi connectivity index (χ2n) is 1.63. The average molecular weight is 92.0 g/mol. The maximum absolute atomic E-state index is 5.05. The molecule has 7 heavy (non-hydrogen) atoms. The molecule has 0 saturated carbocycles. The zero-order chi connectivity index (χ0) is 5.70. The smallest absolute Gasteiger partial charge is 0.102 e. The van der Waals surface area contributed by atoms with Gasteiger partial charge in [0, 0.05) is 0 Å². The van der Waals surface area contributed by atoms with Gasteiger partial charge >= 0.3 is 0 Å². The Hall–Kier alpha value is -0.455. The van der Waals surface area contributed by atoms with Gasteiger partial charge in [-0.1, -0.05) is 17.7 Å². The van der Waals surface area contributed by atoms with Gasteiger partial charge in [0.15, 0.2) is 0 Å². The Morgan fingerprint density at radius 2 is 2.00 bits per heavy atom. The summed E-state index contributed by atoms with van der Waals surface area (Å²) in [4.78, 5) is 0. The van der Waals surface area contributed by atoms with Gasteiger partial charge in [-0.3, -0.25) is 0 Å². The fourth-order valence-corrected chi connectivity index (χ4v) is 0.248. The highest BCUT2D eigenvalue weighted by atomic mass is 13.7. The first-order valence-electron chi connectivity index (χ1n) is 2.29. The number of hydrogen-bond acceptors (Lipinski definition) is 0. The quantitative estimate of drug-likeness (QED) is 0.340. The van der Waals surface area contributed by atoms with Crippen LogP contribution in [-0.4, -0.2) is 7.85 Å². The Kier molecular flexibility index (Phi) is 3.48. The summed E-state index contributed by atoms with van der Waals surface area (Å²) in [6.07, 6.45) is 3.77. The van der Waals surface area contributed by atoms with Gasteiger partial charge in [-0.25, -0.2) is 0 Å². The molecule has 1 heteroatoms. The monoisotopic (exact) mass is 92.1 g/mol. The Labute approximate surface area is 46.3 Å². The summed E-state index contributed by atoms with van der Waals surface area (Å²) in [7, 11) is 5.05. The Balaban J connectivity index is 3.46. The Morgan fingerprint density at radius 1 is 1.43 bits per heavy atom. The molecule has 0 aliphatic heterocycles. The van der Waals surface area contributed by atoms with Crippen LogP contribution >= 0.6 is 0 Å². The van der Waals surface area contributed by atoms with Crippen molar-refractivity contribution in [3.63, 3.8) is 0 Å². The lowest BCUT2D eigenvalue weighted by atomic mass is 10.1. The molecule has 0 bridgehead atoms. The molecule has 0 rings (SSSR count).